The molecule has 0 radical (unpaired) electrons. The molecule has 1 unspecified atom stereocenters. The predicted molar refractivity (Wildman–Crippen MR) is 76.4 cm³/mol. The Labute approximate surface area is 129 Å². The SMILES string of the molecule is OC(CSc1ccccc1)c1ccc(C(F)(F)F)nc1Cl. The lowest BCUT2D eigenvalue weighted by atomic mass is 10.2. The number of pyridine rings is 1. The first-order valence-corrected chi connectivity index (χ1v) is 7.34. The Balaban J connectivity index is 2.07. The second kappa shape index (κ2) is 6.68. The Bertz CT molecular complexity index is 607. The summed E-state index contributed by atoms with van der Waals surface area (Å²) >= 11 is 7.11. The summed E-state index contributed by atoms with van der Waals surface area (Å²) in [7, 11) is 0. The highest BCUT2D eigenvalue weighted by Crippen LogP contribution is 2.32. The smallest absolute Gasteiger partial charge is 0.387 e. The van der Waals surface area contributed by atoms with Gasteiger partial charge in [0.05, 0.1) is 6.10 Å². The van der Waals surface area contributed by atoms with Crippen LogP contribution in [0.15, 0.2) is 47.4 Å². The van der Waals surface area contributed by atoms with Crippen molar-refractivity contribution in [2.24, 2.45) is 0 Å². The van der Waals surface area contributed by atoms with Crippen molar-refractivity contribution in [3.05, 3.63) is 58.9 Å². The van der Waals surface area contributed by atoms with Crippen LogP contribution in [-0.2, 0) is 6.18 Å². The van der Waals surface area contributed by atoms with Crippen LogP contribution in [0.25, 0.3) is 0 Å². The molecule has 0 amide bonds. The van der Waals surface area contributed by atoms with E-state index < -0.39 is 18.0 Å². The Morgan fingerprint density at radius 3 is 2.38 bits per heavy atom. The number of aromatic nitrogens is 1. The number of halogens is 4. The normalized spacial score (nSPS) is 13.2. The number of aliphatic hydroxyl groups is 1. The molecule has 2 rings (SSSR count). The van der Waals surface area contributed by atoms with E-state index >= 15 is 0 Å². The van der Waals surface area contributed by atoms with Gasteiger partial charge in [-0.1, -0.05) is 35.9 Å². The minimum absolute atomic E-state index is 0.188. The molecule has 1 N–H and O–H groups in total. The third-order valence-electron chi connectivity index (χ3n) is 2.68. The molecule has 0 bridgehead atoms. The highest BCUT2D eigenvalue weighted by molar-refractivity contribution is 7.99. The van der Waals surface area contributed by atoms with E-state index in [4.69, 9.17) is 11.6 Å². The van der Waals surface area contributed by atoms with Gasteiger partial charge in [-0.15, -0.1) is 11.8 Å². The fourth-order valence-corrected chi connectivity index (χ4v) is 2.79. The van der Waals surface area contributed by atoms with Crippen molar-refractivity contribution < 1.29 is 18.3 Å². The minimum atomic E-state index is -4.55. The molecule has 2 nitrogen and oxygen atoms in total. The number of benzene rings is 1. The van der Waals surface area contributed by atoms with Crippen molar-refractivity contribution in [3.8, 4) is 0 Å². The molecule has 0 fully saturated rings. The molecule has 7 heteroatoms. The van der Waals surface area contributed by atoms with Gasteiger partial charge in [0.15, 0.2) is 0 Å². The topological polar surface area (TPSA) is 33.1 Å². The maximum absolute atomic E-state index is 12.5. The van der Waals surface area contributed by atoms with Gasteiger partial charge in [0, 0.05) is 16.2 Å². The lowest BCUT2D eigenvalue weighted by Crippen LogP contribution is -2.10. The summed E-state index contributed by atoms with van der Waals surface area (Å²) < 4.78 is 37.4. The summed E-state index contributed by atoms with van der Waals surface area (Å²) in [4.78, 5) is 4.24. The van der Waals surface area contributed by atoms with Crippen molar-refractivity contribution in [2.45, 2.75) is 17.2 Å². The van der Waals surface area contributed by atoms with Crippen molar-refractivity contribution in [2.75, 3.05) is 5.75 Å². The molecular weight excluding hydrogens is 323 g/mol. The maximum atomic E-state index is 12.5. The molecule has 0 spiro atoms. The Morgan fingerprint density at radius 1 is 1.14 bits per heavy atom. The van der Waals surface area contributed by atoms with Crippen LogP contribution >= 0.6 is 23.4 Å². The highest BCUT2D eigenvalue weighted by Gasteiger charge is 2.33. The van der Waals surface area contributed by atoms with Crippen molar-refractivity contribution in [1.29, 1.82) is 0 Å². The Morgan fingerprint density at radius 2 is 1.81 bits per heavy atom. The van der Waals surface area contributed by atoms with Gasteiger partial charge in [-0.2, -0.15) is 13.2 Å². The van der Waals surface area contributed by atoms with Gasteiger partial charge in [0.25, 0.3) is 0 Å². The molecule has 1 atom stereocenters. The van der Waals surface area contributed by atoms with Gasteiger partial charge in [0.2, 0.25) is 0 Å². The number of hydrogen-bond donors (Lipinski definition) is 1. The van der Waals surface area contributed by atoms with Crippen LogP contribution in [0.4, 0.5) is 13.2 Å². The average Bonchev–Trinajstić information content (AvgIpc) is 2.45. The second-order valence-electron chi connectivity index (χ2n) is 4.21. The quantitative estimate of drug-likeness (QED) is 0.656. The molecule has 0 aliphatic heterocycles. The van der Waals surface area contributed by atoms with Crippen molar-refractivity contribution in [1.82, 2.24) is 4.98 Å². The van der Waals surface area contributed by atoms with Gasteiger partial charge in [-0.3, -0.25) is 0 Å². The molecule has 21 heavy (non-hydrogen) atoms. The maximum Gasteiger partial charge on any atom is 0.433 e. The number of aliphatic hydroxyl groups excluding tert-OH is 1. The van der Waals surface area contributed by atoms with E-state index in [0.29, 0.717) is 0 Å². The molecule has 1 aromatic heterocycles. The lowest BCUT2D eigenvalue weighted by molar-refractivity contribution is -0.141. The Kier molecular flexibility index (Phi) is 5.13. The number of alkyl halides is 3. The van der Waals surface area contributed by atoms with E-state index in [0.717, 1.165) is 17.0 Å². The van der Waals surface area contributed by atoms with Crippen LogP contribution in [0.1, 0.15) is 17.4 Å². The third-order valence-corrected chi connectivity index (χ3v) is 4.07. The highest BCUT2D eigenvalue weighted by atomic mass is 35.5. The van der Waals surface area contributed by atoms with Crippen LogP contribution in [0, 0.1) is 0 Å². The number of thioether (sulfide) groups is 1. The number of rotatable bonds is 4. The molecule has 0 saturated carbocycles. The molecule has 112 valence electrons. The van der Waals surface area contributed by atoms with Crippen LogP contribution in [0.3, 0.4) is 0 Å². The van der Waals surface area contributed by atoms with Crippen molar-refractivity contribution in [3.63, 3.8) is 0 Å². The number of nitrogens with zero attached hydrogens (tertiary/aromatic N) is 1. The fraction of sp³-hybridized carbons (Fsp3) is 0.214. The second-order valence-corrected chi connectivity index (χ2v) is 5.67. The largest absolute Gasteiger partial charge is 0.433 e. The van der Waals surface area contributed by atoms with E-state index in [-0.39, 0.29) is 16.5 Å². The molecule has 1 heterocycles. The van der Waals surface area contributed by atoms with E-state index in [1.807, 2.05) is 30.3 Å². The van der Waals surface area contributed by atoms with Gasteiger partial charge >= 0.3 is 6.18 Å². The summed E-state index contributed by atoms with van der Waals surface area (Å²) in [6.07, 6.45) is -5.54. The Hall–Kier alpha value is -1.24. The van der Waals surface area contributed by atoms with Crippen LogP contribution in [0.2, 0.25) is 5.15 Å². The number of hydrogen-bond acceptors (Lipinski definition) is 3. The van der Waals surface area contributed by atoms with E-state index in [1.54, 1.807) is 0 Å². The fourth-order valence-electron chi connectivity index (χ4n) is 1.63. The van der Waals surface area contributed by atoms with Gasteiger partial charge in [-0.25, -0.2) is 4.98 Å². The zero-order chi connectivity index (χ0) is 15.5. The van der Waals surface area contributed by atoms with Gasteiger partial charge < -0.3 is 5.11 Å². The van der Waals surface area contributed by atoms with Crippen LogP contribution in [-0.4, -0.2) is 15.8 Å². The van der Waals surface area contributed by atoms with Gasteiger partial charge in [-0.05, 0) is 18.2 Å². The van der Waals surface area contributed by atoms with Gasteiger partial charge in [0.1, 0.15) is 10.8 Å². The van der Waals surface area contributed by atoms with Crippen LogP contribution in [0.5, 0.6) is 0 Å². The first kappa shape index (κ1) is 16.1. The molecule has 1 aromatic carbocycles. The van der Waals surface area contributed by atoms with E-state index in [2.05, 4.69) is 4.98 Å². The summed E-state index contributed by atoms with van der Waals surface area (Å²) in [5.41, 5.74) is -0.882. The molecule has 0 aliphatic rings. The van der Waals surface area contributed by atoms with E-state index in [1.165, 1.54) is 11.8 Å². The third kappa shape index (κ3) is 4.36. The molecule has 0 saturated heterocycles. The summed E-state index contributed by atoms with van der Waals surface area (Å²) in [5.74, 6) is 0.275. The molecular formula is C14H11ClF3NOS. The summed E-state index contributed by atoms with van der Waals surface area (Å²) in [5, 5.41) is 9.70. The van der Waals surface area contributed by atoms with Crippen molar-refractivity contribution >= 4 is 23.4 Å². The monoisotopic (exact) mass is 333 g/mol. The first-order valence-electron chi connectivity index (χ1n) is 5.97. The molecule has 0 aliphatic carbocycles. The zero-order valence-electron chi connectivity index (χ0n) is 10.6. The average molecular weight is 334 g/mol. The molecule has 2 aromatic rings. The minimum Gasteiger partial charge on any atom is -0.387 e. The predicted octanol–water partition coefficient (Wildman–Crippen LogP) is 4.58. The summed E-state index contributed by atoms with van der Waals surface area (Å²) in [6, 6.07) is 11.3. The summed E-state index contributed by atoms with van der Waals surface area (Å²) in [6.45, 7) is 0. The van der Waals surface area contributed by atoms with E-state index in [9.17, 15) is 18.3 Å². The standard InChI is InChI=1S/C14H11ClF3NOS/c15-13-10(6-7-12(19-13)14(16,17)18)11(20)8-21-9-4-2-1-3-5-9/h1-7,11,20H,8H2. The first-order chi connectivity index (χ1) is 9.88. The lowest BCUT2D eigenvalue weighted by Gasteiger charge is -2.13. The zero-order valence-corrected chi connectivity index (χ0v) is 12.2. The van der Waals surface area contributed by atoms with Crippen LogP contribution < -0.4 is 0 Å².